The number of nitrogens with one attached hydrogen (secondary N) is 1. The van der Waals surface area contributed by atoms with Gasteiger partial charge in [0, 0.05) is 37.6 Å². The van der Waals surface area contributed by atoms with Crippen LogP contribution in [0.4, 0.5) is 0 Å². The van der Waals surface area contributed by atoms with E-state index in [1.807, 2.05) is 23.1 Å². The van der Waals surface area contributed by atoms with Crippen molar-refractivity contribution >= 4 is 16.9 Å². The zero-order valence-electron chi connectivity index (χ0n) is 11.7. The van der Waals surface area contributed by atoms with E-state index in [-0.39, 0.29) is 18.0 Å². The molecule has 0 bridgehead atoms. The van der Waals surface area contributed by atoms with Gasteiger partial charge in [-0.05, 0) is 26.0 Å². The number of carbonyl (C=O) groups excluding carboxylic acids is 1. The molecule has 0 spiro atoms. The van der Waals surface area contributed by atoms with E-state index in [9.17, 15) is 4.79 Å². The molecule has 1 aliphatic rings. The molecule has 3 rings (SSSR count). The van der Waals surface area contributed by atoms with E-state index in [2.05, 4.69) is 29.1 Å². The van der Waals surface area contributed by atoms with Crippen molar-refractivity contribution in [2.24, 2.45) is 0 Å². The summed E-state index contributed by atoms with van der Waals surface area (Å²) in [6.45, 7) is 5.79. The van der Waals surface area contributed by atoms with Crippen molar-refractivity contribution in [3.63, 3.8) is 0 Å². The van der Waals surface area contributed by atoms with Crippen LogP contribution in [0.2, 0.25) is 0 Å². The molecule has 1 fully saturated rings. The van der Waals surface area contributed by atoms with Crippen LogP contribution in [0.1, 0.15) is 24.2 Å². The van der Waals surface area contributed by atoms with Crippen molar-refractivity contribution < 1.29 is 4.79 Å². The molecular formula is C15H18N4O. The van der Waals surface area contributed by atoms with Crippen LogP contribution in [0, 0.1) is 0 Å². The van der Waals surface area contributed by atoms with E-state index in [4.69, 9.17) is 0 Å². The van der Waals surface area contributed by atoms with Crippen LogP contribution < -0.4 is 5.32 Å². The number of benzene rings is 1. The number of hydrogen-bond donors (Lipinski definition) is 1. The third-order valence-electron chi connectivity index (χ3n) is 3.79. The average Bonchev–Trinajstić information content (AvgIpc) is 2.46. The van der Waals surface area contributed by atoms with Gasteiger partial charge in [0.25, 0.3) is 5.91 Å². The second-order valence-electron chi connectivity index (χ2n) is 5.30. The second-order valence-corrected chi connectivity index (χ2v) is 5.30. The van der Waals surface area contributed by atoms with Gasteiger partial charge in [-0.3, -0.25) is 14.8 Å². The van der Waals surface area contributed by atoms with Crippen molar-refractivity contribution in [2.45, 2.75) is 25.9 Å². The van der Waals surface area contributed by atoms with Crippen LogP contribution in [0.15, 0.2) is 30.6 Å². The topological polar surface area (TPSA) is 58.1 Å². The third-order valence-corrected chi connectivity index (χ3v) is 3.79. The number of piperazine rings is 1. The van der Waals surface area contributed by atoms with Gasteiger partial charge in [-0.15, -0.1) is 0 Å². The van der Waals surface area contributed by atoms with E-state index in [1.54, 1.807) is 12.4 Å². The van der Waals surface area contributed by atoms with Crippen LogP contribution >= 0.6 is 0 Å². The first-order valence-electron chi connectivity index (χ1n) is 6.91. The van der Waals surface area contributed by atoms with E-state index >= 15 is 0 Å². The van der Waals surface area contributed by atoms with Crippen LogP contribution in [-0.4, -0.2) is 45.9 Å². The summed E-state index contributed by atoms with van der Waals surface area (Å²) < 4.78 is 0. The molecule has 0 aliphatic carbocycles. The Hall–Kier alpha value is -2.01. The van der Waals surface area contributed by atoms with Crippen molar-refractivity contribution in [3.05, 3.63) is 36.2 Å². The smallest absolute Gasteiger partial charge is 0.256 e. The molecule has 104 valence electrons. The first-order chi connectivity index (χ1) is 9.68. The van der Waals surface area contributed by atoms with Gasteiger partial charge >= 0.3 is 0 Å². The number of aromatic nitrogens is 2. The number of nitrogens with zero attached hydrogens (tertiary/aromatic N) is 3. The molecule has 1 N–H and O–H groups in total. The Morgan fingerprint density at radius 1 is 1.20 bits per heavy atom. The molecule has 20 heavy (non-hydrogen) atoms. The normalized spacial score (nSPS) is 23.0. The van der Waals surface area contributed by atoms with Gasteiger partial charge in [-0.25, -0.2) is 0 Å². The van der Waals surface area contributed by atoms with E-state index < -0.39 is 0 Å². The Kier molecular flexibility index (Phi) is 3.36. The maximum absolute atomic E-state index is 12.9. The molecule has 2 unspecified atom stereocenters. The lowest BCUT2D eigenvalue weighted by molar-refractivity contribution is 0.0546. The van der Waals surface area contributed by atoms with Crippen molar-refractivity contribution in [1.82, 2.24) is 20.2 Å². The molecule has 5 heteroatoms. The van der Waals surface area contributed by atoms with Gasteiger partial charge in [0.15, 0.2) is 0 Å². The monoisotopic (exact) mass is 270 g/mol. The first-order valence-corrected chi connectivity index (χ1v) is 6.91. The van der Waals surface area contributed by atoms with Crippen LogP contribution in [0.3, 0.4) is 0 Å². The predicted molar refractivity (Wildman–Crippen MR) is 77.5 cm³/mol. The fourth-order valence-corrected chi connectivity index (χ4v) is 2.84. The van der Waals surface area contributed by atoms with Crippen LogP contribution in [0.25, 0.3) is 11.0 Å². The van der Waals surface area contributed by atoms with Crippen LogP contribution in [0.5, 0.6) is 0 Å². The third kappa shape index (κ3) is 2.14. The van der Waals surface area contributed by atoms with E-state index in [0.29, 0.717) is 11.1 Å². The highest BCUT2D eigenvalue weighted by Crippen LogP contribution is 2.20. The number of rotatable bonds is 1. The molecule has 2 atom stereocenters. The Morgan fingerprint density at radius 2 is 1.90 bits per heavy atom. The zero-order valence-corrected chi connectivity index (χ0v) is 11.7. The SMILES string of the molecule is CC1CNCC(C)N1C(=O)c1cccc2nccnc12. The molecule has 0 radical (unpaired) electrons. The predicted octanol–water partition coefficient (Wildman–Crippen LogP) is 1.45. The number of carbonyl (C=O) groups is 1. The van der Waals surface area contributed by atoms with Gasteiger partial charge in [0.2, 0.25) is 0 Å². The molecule has 1 aromatic heterocycles. The maximum Gasteiger partial charge on any atom is 0.256 e. The van der Waals surface area contributed by atoms with Crippen molar-refractivity contribution in [1.29, 1.82) is 0 Å². The fraction of sp³-hybridized carbons (Fsp3) is 0.400. The lowest BCUT2D eigenvalue weighted by atomic mass is 10.1. The molecular weight excluding hydrogens is 252 g/mol. The zero-order chi connectivity index (χ0) is 14.1. The molecule has 1 aliphatic heterocycles. The molecule has 5 nitrogen and oxygen atoms in total. The summed E-state index contributed by atoms with van der Waals surface area (Å²) in [5.41, 5.74) is 2.07. The molecule has 1 saturated heterocycles. The molecule has 1 aromatic carbocycles. The first kappa shape index (κ1) is 13.0. The van der Waals surface area contributed by atoms with Crippen molar-refractivity contribution in [2.75, 3.05) is 13.1 Å². The molecule has 2 aromatic rings. The highest BCUT2D eigenvalue weighted by Gasteiger charge is 2.30. The van der Waals surface area contributed by atoms with Gasteiger partial charge < -0.3 is 10.2 Å². The number of hydrogen-bond acceptors (Lipinski definition) is 4. The van der Waals surface area contributed by atoms with E-state index in [0.717, 1.165) is 18.6 Å². The second kappa shape index (κ2) is 5.17. The lowest BCUT2D eigenvalue weighted by Crippen LogP contribution is -2.57. The minimum absolute atomic E-state index is 0.0394. The summed E-state index contributed by atoms with van der Waals surface area (Å²) in [6.07, 6.45) is 3.27. The van der Waals surface area contributed by atoms with Gasteiger partial charge in [0.05, 0.1) is 11.1 Å². The average molecular weight is 270 g/mol. The highest BCUT2D eigenvalue weighted by atomic mass is 16.2. The van der Waals surface area contributed by atoms with Gasteiger partial charge in [0.1, 0.15) is 5.52 Å². The van der Waals surface area contributed by atoms with Crippen LogP contribution in [-0.2, 0) is 0 Å². The number of para-hydroxylation sites is 1. The Morgan fingerprint density at radius 3 is 2.65 bits per heavy atom. The number of fused-ring (bicyclic) bond motifs is 1. The molecule has 1 amide bonds. The molecule has 0 saturated carbocycles. The van der Waals surface area contributed by atoms with E-state index in [1.165, 1.54) is 0 Å². The standard InChI is InChI=1S/C15H18N4O/c1-10-8-16-9-11(2)19(10)15(20)12-4-3-5-13-14(12)18-7-6-17-13/h3-7,10-11,16H,8-9H2,1-2H3. The quantitative estimate of drug-likeness (QED) is 0.852. The minimum atomic E-state index is 0.0394. The largest absolute Gasteiger partial charge is 0.331 e. The molecule has 2 heterocycles. The summed E-state index contributed by atoms with van der Waals surface area (Å²) in [5.74, 6) is 0.0394. The Balaban J connectivity index is 2.04. The van der Waals surface area contributed by atoms with Gasteiger partial charge in [-0.1, -0.05) is 6.07 Å². The summed E-state index contributed by atoms with van der Waals surface area (Å²) in [7, 11) is 0. The summed E-state index contributed by atoms with van der Waals surface area (Å²) in [6, 6.07) is 5.93. The summed E-state index contributed by atoms with van der Waals surface area (Å²) >= 11 is 0. The minimum Gasteiger partial charge on any atom is -0.331 e. The lowest BCUT2D eigenvalue weighted by Gasteiger charge is -2.39. The number of amides is 1. The fourth-order valence-electron chi connectivity index (χ4n) is 2.84. The Labute approximate surface area is 118 Å². The summed E-state index contributed by atoms with van der Waals surface area (Å²) in [4.78, 5) is 23.4. The summed E-state index contributed by atoms with van der Waals surface area (Å²) in [5, 5.41) is 3.34. The van der Waals surface area contributed by atoms with Crippen molar-refractivity contribution in [3.8, 4) is 0 Å². The maximum atomic E-state index is 12.9. The Bertz CT molecular complexity index is 627. The van der Waals surface area contributed by atoms with Gasteiger partial charge in [-0.2, -0.15) is 0 Å². The highest BCUT2D eigenvalue weighted by molar-refractivity contribution is 6.04.